The number of nitrogens with one attached hydrogen (secondary N) is 1. The summed E-state index contributed by atoms with van der Waals surface area (Å²) in [6.45, 7) is 4.59. The summed E-state index contributed by atoms with van der Waals surface area (Å²) in [5, 5.41) is 13.9. The summed E-state index contributed by atoms with van der Waals surface area (Å²) >= 11 is 3.41. The lowest BCUT2D eigenvalue weighted by Crippen LogP contribution is -2.52. The predicted molar refractivity (Wildman–Crippen MR) is 152 cm³/mol. The second kappa shape index (κ2) is 12.9. The van der Waals surface area contributed by atoms with E-state index in [1.54, 1.807) is 51.1 Å². The van der Waals surface area contributed by atoms with Gasteiger partial charge in [-0.05, 0) is 62.7 Å². The molecule has 0 heterocycles. The molecule has 0 aromatic heterocycles. The van der Waals surface area contributed by atoms with Crippen LogP contribution in [-0.2, 0) is 26.2 Å². The van der Waals surface area contributed by atoms with Crippen LogP contribution in [0.4, 0.5) is 11.4 Å². The second-order valence-electron chi connectivity index (χ2n) is 9.09. The minimum atomic E-state index is -4.25. The van der Waals surface area contributed by atoms with Crippen molar-refractivity contribution in [1.29, 1.82) is 0 Å². The molecule has 0 spiro atoms. The van der Waals surface area contributed by atoms with Crippen molar-refractivity contribution in [2.24, 2.45) is 0 Å². The van der Waals surface area contributed by atoms with Gasteiger partial charge in [-0.3, -0.25) is 24.0 Å². The summed E-state index contributed by atoms with van der Waals surface area (Å²) in [6, 6.07) is 18.6. The third kappa shape index (κ3) is 7.64. The Kier molecular flexibility index (Phi) is 9.81. The van der Waals surface area contributed by atoms with Crippen molar-refractivity contribution in [1.82, 2.24) is 10.2 Å². The maximum atomic E-state index is 13.8. The van der Waals surface area contributed by atoms with Crippen molar-refractivity contribution in [3.8, 4) is 0 Å². The standard InChI is InChI=1S/C27H29BrN4O6S/c1-19(2)29-27(34)20(3)30(17-21-8-7-9-22(28)16-21)26(33)18-31(23-12-14-24(15-13-23)32(35)36)39(37,38)25-10-5-4-6-11-25/h4-16,19-20H,17-18H2,1-3H3,(H,29,34)/t20-/m0/s1. The molecule has 0 aliphatic carbocycles. The number of rotatable bonds is 11. The van der Waals surface area contributed by atoms with Gasteiger partial charge < -0.3 is 10.2 Å². The average molecular weight is 618 g/mol. The monoisotopic (exact) mass is 616 g/mol. The van der Waals surface area contributed by atoms with E-state index >= 15 is 0 Å². The molecule has 0 fully saturated rings. The SMILES string of the molecule is CC(C)NC(=O)[C@H](C)N(Cc1cccc(Br)c1)C(=O)CN(c1ccc([N+](=O)[O-])cc1)S(=O)(=O)c1ccccc1. The molecule has 3 rings (SSSR count). The van der Waals surface area contributed by atoms with Crippen LogP contribution in [0.5, 0.6) is 0 Å². The van der Waals surface area contributed by atoms with Gasteiger partial charge in [0.15, 0.2) is 0 Å². The highest BCUT2D eigenvalue weighted by Gasteiger charge is 2.32. The van der Waals surface area contributed by atoms with Crippen LogP contribution in [0, 0.1) is 10.1 Å². The van der Waals surface area contributed by atoms with Gasteiger partial charge in [0, 0.05) is 29.2 Å². The summed E-state index contributed by atoms with van der Waals surface area (Å²) in [7, 11) is -4.25. The summed E-state index contributed by atoms with van der Waals surface area (Å²) in [5.41, 5.74) is 0.576. The molecule has 12 heteroatoms. The molecule has 3 aromatic carbocycles. The Bertz CT molecular complexity index is 1430. The number of hydrogen-bond donors (Lipinski definition) is 1. The first-order valence-corrected chi connectivity index (χ1v) is 14.3. The van der Waals surface area contributed by atoms with Gasteiger partial charge in [0.2, 0.25) is 11.8 Å². The van der Waals surface area contributed by atoms with Crippen LogP contribution in [-0.4, -0.2) is 48.7 Å². The fourth-order valence-corrected chi connectivity index (χ4v) is 5.69. The zero-order valence-corrected chi connectivity index (χ0v) is 24.1. The largest absolute Gasteiger partial charge is 0.352 e. The van der Waals surface area contributed by atoms with Gasteiger partial charge in [-0.15, -0.1) is 0 Å². The quantitative estimate of drug-likeness (QED) is 0.249. The number of hydrogen-bond acceptors (Lipinski definition) is 6. The Morgan fingerprint density at radius 1 is 0.974 bits per heavy atom. The van der Waals surface area contributed by atoms with E-state index in [0.29, 0.717) is 0 Å². The Morgan fingerprint density at radius 2 is 1.62 bits per heavy atom. The molecule has 39 heavy (non-hydrogen) atoms. The molecule has 206 valence electrons. The van der Waals surface area contributed by atoms with Crippen LogP contribution >= 0.6 is 15.9 Å². The molecule has 10 nitrogen and oxygen atoms in total. The van der Waals surface area contributed by atoms with Crippen LogP contribution in [0.25, 0.3) is 0 Å². The third-order valence-electron chi connectivity index (χ3n) is 5.80. The van der Waals surface area contributed by atoms with E-state index in [0.717, 1.165) is 14.3 Å². The van der Waals surface area contributed by atoms with E-state index in [4.69, 9.17) is 0 Å². The van der Waals surface area contributed by atoms with Gasteiger partial charge in [0.25, 0.3) is 15.7 Å². The normalized spacial score (nSPS) is 12.0. The Labute approximate surface area is 236 Å². The maximum absolute atomic E-state index is 13.8. The summed E-state index contributed by atoms with van der Waals surface area (Å²) in [5.74, 6) is -1.01. The topological polar surface area (TPSA) is 130 Å². The van der Waals surface area contributed by atoms with Crippen molar-refractivity contribution in [3.05, 3.63) is 99.0 Å². The maximum Gasteiger partial charge on any atom is 0.269 e. The van der Waals surface area contributed by atoms with E-state index in [2.05, 4.69) is 21.2 Å². The highest BCUT2D eigenvalue weighted by atomic mass is 79.9. The lowest BCUT2D eigenvalue weighted by Gasteiger charge is -2.32. The average Bonchev–Trinajstić information content (AvgIpc) is 2.90. The van der Waals surface area contributed by atoms with E-state index in [-0.39, 0.29) is 34.8 Å². The Morgan fingerprint density at radius 3 is 2.18 bits per heavy atom. The van der Waals surface area contributed by atoms with Crippen molar-refractivity contribution >= 4 is 49.1 Å². The summed E-state index contributed by atoms with van der Waals surface area (Å²) in [6.07, 6.45) is 0. The summed E-state index contributed by atoms with van der Waals surface area (Å²) in [4.78, 5) is 38.6. The molecule has 3 aromatic rings. The van der Waals surface area contributed by atoms with Crippen molar-refractivity contribution in [2.45, 2.75) is 44.3 Å². The van der Waals surface area contributed by atoms with Gasteiger partial charge in [-0.2, -0.15) is 0 Å². The number of nitro benzene ring substituents is 1. The zero-order chi connectivity index (χ0) is 28.7. The predicted octanol–water partition coefficient (Wildman–Crippen LogP) is 4.49. The Balaban J connectivity index is 2.04. The van der Waals surface area contributed by atoms with Gasteiger partial charge in [-0.1, -0.05) is 46.3 Å². The molecule has 0 unspecified atom stereocenters. The molecule has 1 atom stereocenters. The highest BCUT2D eigenvalue weighted by molar-refractivity contribution is 9.10. The smallest absolute Gasteiger partial charge is 0.269 e. The van der Waals surface area contributed by atoms with Crippen molar-refractivity contribution in [3.63, 3.8) is 0 Å². The van der Waals surface area contributed by atoms with Crippen molar-refractivity contribution < 1.29 is 22.9 Å². The number of amides is 2. The number of carbonyl (C=O) groups is 2. The Hall–Kier alpha value is -3.77. The molecule has 0 saturated carbocycles. The number of sulfonamides is 1. The van der Waals surface area contributed by atoms with Gasteiger partial charge in [-0.25, -0.2) is 8.42 Å². The summed E-state index contributed by atoms with van der Waals surface area (Å²) < 4.78 is 29.1. The molecule has 2 amide bonds. The molecule has 0 aliphatic rings. The molecule has 0 aliphatic heterocycles. The molecule has 0 saturated heterocycles. The second-order valence-corrected chi connectivity index (χ2v) is 11.9. The zero-order valence-electron chi connectivity index (χ0n) is 21.7. The first kappa shape index (κ1) is 29.8. The van der Waals surface area contributed by atoms with Crippen LogP contribution < -0.4 is 9.62 Å². The fourth-order valence-electron chi connectivity index (χ4n) is 3.81. The van der Waals surface area contributed by atoms with Crippen LogP contribution in [0.2, 0.25) is 0 Å². The van der Waals surface area contributed by atoms with Crippen LogP contribution in [0.1, 0.15) is 26.3 Å². The number of nitro groups is 1. The van der Waals surface area contributed by atoms with Gasteiger partial charge >= 0.3 is 0 Å². The molecule has 1 N–H and O–H groups in total. The fraction of sp³-hybridized carbons (Fsp3) is 0.259. The van der Waals surface area contributed by atoms with E-state index in [1.807, 2.05) is 12.1 Å². The minimum absolute atomic E-state index is 0.0461. The number of halogens is 1. The number of nitrogens with zero attached hydrogens (tertiary/aromatic N) is 3. The molecular formula is C27H29BrN4O6S. The molecule has 0 radical (unpaired) electrons. The highest BCUT2D eigenvalue weighted by Crippen LogP contribution is 2.26. The third-order valence-corrected chi connectivity index (χ3v) is 8.08. The number of non-ortho nitro benzene ring substituents is 1. The minimum Gasteiger partial charge on any atom is -0.352 e. The van der Waals surface area contributed by atoms with Gasteiger partial charge in [0.1, 0.15) is 12.6 Å². The van der Waals surface area contributed by atoms with Crippen LogP contribution in [0.3, 0.4) is 0 Å². The van der Waals surface area contributed by atoms with Gasteiger partial charge in [0.05, 0.1) is 15.5 Å². The lowest BCUT2D eigenvalue weighted by molar-refractivity contribution is -0.384. The first-order valence-electron chi connectivity index (χ1n) is 12.1. The first-order chi connectivity index (χ1) is 18.4. The van der Waals surface area contributed by atoms with E-state index in [1.165, 1.54) is 41.3 Å². The van der Waals surface area contributed by atoms with Crippen molar-refractivity contribution in [2.75, 3.05) is 10.8 Å². The number of carbonyl (C=O) groups excluding carboxylic acids is 2. The molecule has 0 bridgehead atoms. The van der Waals surface area contributed by atoms with Crippen LogP contribution in [0.15, 0.2) is 88.2 Å². The van der Waals surface area contributed by atoms with E-state index in [9.17, 15) is 28.1 Å². The van der Waals surface area contributed by atoms with E-state index < -0.39 is 33.4 Å². The number of benzene rings is 3. The number of anilines is 1. The molecular weight excluding hydrogens is 588 g/mol. The lowest BCUT2D eigenvalue weighted by atomic mass is 10.1.